The van der Waals surface area contributed by atoms with Gasteiger partial charge in [0, 0.05) is 16.1 Å². The molecule has 0 aliphatic heterocycles. The van der Waals surface area contributed by atoms with Crippen LogP contribution in [-0.2, 0) is 22.4 Å². The zero-order chi connectivity index (χ0) is 13.8. The Morgan fingerprint density at radius 2 is 1.05 bits per heavy atom. The van der Waals surface area contributed by atoms with Crippen molar-refractivity contribution < 1.29 is 22.4 Å². The van der Waals surface area contributed by atoms with E-state index in [1.165, 1.54) is 10.4 Å². The van der Waals surface area contributed by atoms with E-state index in [-0.39, 0.29) is 22.4 Å². The summed E-state index contributed by atoms with van der Waals surface area (Å²) < 4.78 is 0. The molecule has 19 heavy (non-hydrogen) atoms. The van der Waals surface area contributed by atoms with Crippen LogP contribution in [0.25, 0.3) is 0 Å². The summed E-state index contributed by atoms with van der Waals surface area (Å²) in [6.45, 7) is 14.1. The SMILES string of the molecule is C[Si](C)(C)C1=[C-]CC=C1.C[Si](C)(C)C1=[C-]CC=C1.[Ta+2]. The summed E-state index contributed by atoms with van der Waals surface area (Å²) in [5, 5.41) is 2.98. The van der Waals surface area contributed by atoms with Crippen molar-refractivity contribution in [3.63, 3.8) is 0 Å². The van der Waals surface area contributed by atoms with Crippen LogP contribution in [0.15, 0.2) is 34.7 Å². The van der Waals surface area contributed by atoms with Gasteiger partial charge in [-0.05, 0) is 0 Å². The summed E-state index contributed by atoms with van der Waals surface area (Å²) in [5.41, 5.74) is 0. The van der Waals surface area contributed by atoms with E-state index in [9.17, 15) is 0 Å². The van der Waals surface area contributed by atoms with Gasteiger partial charge in [0.1, 0.15) is 0 Å². The van der Waals surface area contributed by atoms with Gasteiger partial charge in [0.15, 0.2) is 0 Å². The van der Waals surface area contributed by atoms with Gasteiger partial charge in [-0.2, -0.15) is 12.2 Å². The molecule has 0 bridgehead atoms. The van der Waals surface area contributed by atoms with E-state index < -0.39 is 16.1 Å². The van der Waals surface area contributed by atoms with Crippen molar-refractivity contribution in [2.24, 2.45) is 0 Å². The van der Waals surface area contributed by atoms with E-state index in [0.29, 0.717) is 0 Å². The first-order valence-electron chi connectivity index (χ1n) is 6.77. The van der Waals surface area contributed by atoms with Crippen molar-refractivity contribution in [1.29, 1.82) is 0 Å². The molecule has 0 aromatic heterocycles. The van der Waals surface area contributed by atoms with Crippen molar-refractivity contribution in [3.8, 4) is 0 Å². The first kappa shape index (κ1) is 19.1. The van der Waals surface area contributed by atoms with Crippen LogP contribution < -0.4 is 0 Å². The van der Waals surface area contributed by atoms with Gasteiger partial charge in [0.25, 0.3) is 0 Å². The molecule has 0 saturated heterocycles. The maximum Gasteiger partial charge on any atom is 2.00 e. The van der Waals surface area contributed by atoms with Gasteiger partial charge >= 0.3 is 22.4 Å². The molecule has 103 valence electrons. The summed E-state index contributed by atoms with van der Waals surface area (Å²) >= 11 is 0. The van der Waals surface area contributed by atoms with Crippen molar-refractivity contribution in [2.45, 2.75) is 52.1 Å². The second-order valence-electron chi connectivity index (χ2n) is 6.89. The van der Waals surface area contributed by atoms with Gasteiger partial charge in [-0.25, -0.2) is 22.5 Å². The summed E-state index contributed by atoms with van der Waals surface area (Å²) in [6, 6.07) is 0. The van der Waals surface area contributed by atoms with Gasteiger partial charge in [0.05, 0.1) is 0 Å². The molecule has 0 aromatic rings. The largest absolute Gasteiger partial charge is 2.00 e. The molecule has 0 heterocycles. The zero-order valence-electron chi connectivity index (χ0n) is 13.2. The second kappa shape index (κ2) is 7.79. The maximum atomic E-state index is 3.36. The average molecular weight is 456 g/mol. The van der Waals surface area contributed by atoms with E-state index in [4.69, 9.17) is 0 Å². The molecular weight excluding hydrogens is 429 g/mol. The molecule has 0 spiro atoms. The van der Waals surface area contributed by atoms with E-state index >= 15 is 0 Å². The summed E-state index contributed by atoms with van der Waals surface area (Å²) in [5.74, 6) is 0. The smallest absolute Gasteiger partial charge is 0.274 e. The predicted molar refractivity (Wildman–Crippen MR) is 87.7 cm³/mol. The number of allylic oxidation sites excluding steroid dienone is 8. The van der Waals surface area contributed by atoms with Crippen LogP contribution in [0.5, 0.6) is 0 Å². The normalized spacial score (nSPS) is 17.4. The monoisotopic (exact) mass is 455 g/mol. The van der Waals surface area contributed by atoms with E-state index in [1.807, 2.05) is 0 Å². The molecule has 0 fully saturated rings. The molecule has 0 atom stereocenters. The van der Waals surface area contributed by atoms with Crippen molar-refractivity contribution in [2.75, 3.05) is 0 Å². The molecule has 2 aliphatic rings. The summed E-state index contributed by atoms with van der Waals surface area (Å²) in [6.07, 6.45) is 17.6. The molecule has 0 unspecified atom stereocenters. The molecule has 2 rings (SSSR count). The fourth-order valence-corrected chi connectivity index (χ4v) is 4.34. The van der Waals surface area contributed by atoms with E-state index in [0.717, 1.165) is 12.8 Å². The van der Waals surface area contributed by atoms with Crippen LogP contribution in [0.2, 0.25) is 39.3 Å². The fourth-order valence-electron chi connectivity index (χ4n) is 1.84. The number of hydrogen-bond donors (Lipinski definition) is 0. The van der Waals surface area contributed by atoms with Crippen LogP contribution >= 0.6 is 0 Å². The molecule has 0 N–H and O–H groups in total. The van der Waals surface area contributed by atoms with Crippen molar-refractivity contribution in [3.05, 3.63) is 46.8 Å². The Morgan fingerprint density at radius 1 is 0.737 bits per heavy atom. The average Bonchev–Trinajstić information content (AvgIpc) is 2.91. The fraction of sp³-hybridized carbons (Fsp3) is 0.500. The van der Waals surface area contributed by atoms with E-state index in [1.54, 1.807) is 0 Å². The Labute approximate surface area is 137 Å². The topological polar surface area (TPSA) is 0 Å². The second-order valence-corrected chi connectivity index (χ2v) is 17.0. The van der Waals surface area contributed by atoms with E-state index in [2.05, 4.69) is 75.7 Å². The summed E-state index contributed by atoms with van der Waals surface area (Å²) in [7, 11) is -2.01. The van der Waals surface area contributed by atoms with Crippen LogP contribution in [0.1, 0.15) is 12.8 Å². The minimum Gasteiger partial charge on any atom is -0.274 e. The quantitative estimate of drug-likeness (QED) is 0.401. The van der Waals surface area contributed by atoms with Crippen molar-refractivity contribution in [1.82, 2.24) is 0 Å². The van der Waals surface area contributed by atoms with Crippen LogP contribution in [-0.4, -0.2) is 16.1 Å². The van der Waals surface area contributed by atoms with Gasteiger partial charge in [-0.3, -0.25) is 12.2 Å². The molecule has 0 amide bonds. The molecule has 3 heteroatoms. The third kappa shape index (κ3) is 6.91. The van der Waals surface area contributed by atoms with Crippen LogP contribution in [0.3, 0.4) is 0 Å². The molecule has 2 aliphatic carbocycles. The first-order valence-corrected chi connectivity index (χ1v) is 13.8. The van der Waals surface area contributed by atoms with Crippen LogP contribution in [0.4, 0.5) is 0 Å². The van der Waals surface area contributed by atoms with Gasteiger partial charge in [-0.15, -0.1) is 12.8 Å². The Kier molecular flexibility index (Phi) is 7.85. The molecule has 0 saturated carbocycles. The van der Waals surface area contributed by atoms with Gasteiger partial charge in [-0.1, -0.05) is 39.3 Å². The molecule has 1 radical (unpaired) electrons. The predicted octanol–water partition coefficient (Wildman–Crippen LogP) is 5.10. The minimum atomic E-state index is -1.01. The van der Waals surface area contributed by atoms with Crippen LogP contribution in [0, 0.1) is 12.2 Å². The van der Waals surface area contributed by atoms with Gasteiger partial charge in [0.2, 0.25) is 0 Å². The molecule has 0 aromatic carbocycles. The minimum absolute atomic E-state index is 0. The van der Waals surface area contributed by atoms with Gasteiger partial charge < -0.3 is 0 Å². The zero-order valence-corrected chi connectivity index (χ0v) is 18.4. The molecular formula is C16H26Si2Ta. The Bertz CT molecular complexity index is 361. The molecule has 0 nitrogen and oxygen atoms in total. The Balaban J connectivity index is 0.000000324. The Hall–Kier alpha value is 0.134. The maximum absolute atomic E-state index is 3.36. The third-order valence-corrected chi connectivity index (χ3v) is 6.92. The summed E-state index contributed by atoms with van der Waals surface area (Å²) in [4.78, 5) is 0. The Morgan fingerprint density at radius 3 is 1.16 bits per heavy atom. The first-order chi connectivity index (χ1) is 8.21. The van der Waals surface area contributed by atoms with Crippen molar-refractivity contribution >= 4 is 16.1 Å². The third-order valence-electron chi connectivity index (χ3n) is 3.01. The number of hydrogen-bond acceptors (Lipinski definition) is 0. The number of rotatable bonds is 2. The standard InChI is InChI=1S/2C8H13Si.Ta/c2*1-9(2,3)8-6-4-5-7-8;/h2*4,6H,5H2,1-3H3;/q2*-1;+2.